The van der Waals surface area contributed by atoms with E-state index in [2.05, 4.69) is 5.10 Å². The van der Waals surface area contributed by atoms with Crippen LogP contribution in [0.5, 0.6) is 0 Å². The van der Waals surface area contributed by atoms with E-state index in [1.807, 2.05) is 30.5 Å². The van der Waals surface area contributed by atoms with Crippen LogP contribution >= 0.6 is 0 Å². The zero-order valence-electron chi connectivity index (χ0n) is 10.9. The third-order valence-electron chi connectivity index (χ3n) is 2.70. The summed E-state index contributed by atoms with van der Waals surface area (Å²) in [4.78, 5) is 11.3. The summed E-state index contributed by atoms with van der Waals surface area (Å²) >= 11 is 0. The smallest absolute Gasteiger partial charge is 0.307 e. The fraction of sp³-hybridized carbons (Fsp3) is 0.286. The van der Waals surface area contributed by atoms with Gasteiger partial charge in [-0.2, -0.15) is 5.10 Å². The van der Waals surface area contributed by atoms with E-state index in [-0.39, 0.29) is 5.97 Å². The molecule has 0 unspecified atom stereocenters. The van der Waals surface area contributed by atoms with Gasteiger partial charge in [0.1, 0.15) is 0 Å². The Balaban J connectivity index is 2.01. The Morgan fingerprint density at radius 3 is 3.00 bits per heavy atom. The van der Waals surface area contributed by atoms with E-state index in [0.717, 1.165) is 16.8 Å². The number of carbonyl (C=O) groups is 1. The van der Waals surface area contributed by atoms with E-state index in [4.69, 9.17) is 10.5 Å². The Morgan fingerprint density at radius 1 is 1.42 bits per heavy atom. The predicted molar refractivity (Wildman–Crippen MR) is 73.3 cm³/mol. The van der Waals surface area contributed by atoms with E-state index in [0.29, 0.717) is 19.6 Å². The van der Waals surface area contributed by atoms with Crippen LogP contribution < -0.4 is 5.73 Å². The number of hydrogen-bond acceptors (Lipinski definition) is 4. The number of aryl methyl sites for hydroxylation is 1. The lowest BCUT2D eigenvalue weighted by atomic mass is 10.1. The third kappa shape index (κ3) is 3.58. The zero-order chi connectivity index (χ0) is 13.7. The van der Waals surface area contributed by atoms with Crippen LogP contribution in [-0.2, 0) is 16.1 Å². The van der Waals surface area contributed by atoms with E-state index in [9.17, 15) is 4.79 Å². The van der Waals surface area contributed by atoms with Crippen molar-refractivity contribution in [1.29, 1.82) is 0 Å². The number of rotatable bonds is 5. The van der Waals surface area contributed by atoms with Gasteiger partial charge in [0.15, 0.2) is 0 Å². The molecule has 2 N–H and O–H groups in total. The number of anilines is 1. The Morgan fingerprint density at radius 2 is 2.26 bits per heavy atom. The summed E-state index contributed by atoms with van der Waals surface area (Å²) in [6, 6.07) is 7.62. The van der Waals surface area contributed by atoms with Crippen LogP contribution in [0.2, 0.25) is 0 Å². The average molecular weight is 259 g/mol. The lowest BCUT2D eigenvalue weighted by Gasteiger charge is -2.02. The molecule has 0 saturated heterocycles. The number of esters is 1. The summed E-state index contributed by atoms with van der Waals surface area (Å²) < 4.78 is 6.61. The minimum absolute atomic E-state index is 0.205. The van der Waals surface area contributed by atoms with E-state index >= 15 is 0 Å². The fourth-order valence-electron chi connectivity index (χ4n) is 1.79. The fourth-order valence-corrected chi connectivity index (χ4v) is 1.79. The maximum Gasteiger partial charge on any atom is 0.307 e. The Labute approximate surface area is 112 Å². The number of nitrogens with two attached hydrogens (primary N) is 1. The van der Waals surface area contributed by atoms with Gasteiger partial charge < -0.3 is 10.5 Å². The molecule has 1 aromatic heterocycles. The highest BCUT2D eigenvalue weighted by atomic mass is 16.5. The van der Waals surface area contributed by atoms with Crippen molar-refractivity contribution in [1.82, 2.24) is 9.78 Å². The molecule has 0 aliphatic heterocycles. The second kappa shape index (κ2) is 6.04. The van der Waals surface area contributed by atoms with Crippen molar-refractivity contribution in [2.24, 2.45) is 0 Å². The molecule has 1 aromatic carbocycles. The standard InChI is InChI=1S/C14H17N3O2/c1-2-19-14(18)6-7-17-10-12(9-16-17)11-4-3-5-13(15)8-11/h3-5,8-10H,2,6-7,15H2,1H3. The highest BCUT2D eigenvalue weighted by Gasteiger charge is 2.05. The summed E-state index contributed by atoms with van der Waals surface area (Å²) in [6.07, 6.45) is 3.99. The molecule has 0 saturated carbocycles. The highest BCUT2D eigenvalue weighted by molar-refractivity contribution is 5.69. The van der Waals surface area contributed by atoms with Crippen molar-refractivity contribution in [3.8, 4) is 11.1 Å². The molecule has 5 heteroatoms. The highest BCUT2D eigenvalue weighted by Crippen LogP contribution is 2.20. The first-order valence-electron chi connectivity index (χ1n) is 6.23. The van der Waals surface area contributed by atoms with Crippen molar-refractivity contribution in [2.75, 3.05) is 12.3 Å². The van der Waals surface area contributed by atoms with Gasteiger partial charge >= 0.3 is 5.97 Å². The second-order valence-corrected chi connectivity index (χ2v) is 4.17. The van der Waals surface area contributed by atoms with Gasteiger partial charge in [-0.15, -0.1) is 0 Å². The van der Waals surface area contributed by atoms with Gasteiger partial charge in [-0.05, 0) is 24.6 Å². The van der Waals surface area contributed by atoms with Crippen molar-refractivity contribution < 1.29 is 9.53 Å². The number of hydrogen-bond donors (Lipinski definition) is 1. The molecule has 100 valence electrons. The molecule has 19 heavy (non-hydrogen) atoms. The molecule has 0 aliphatic rings. The normalized spacial score (nSPS) is 10.4. The van der Waals surface area contributed by atoms with Crippen LogP contribution in [0.15, 0.2) is 36.7 Å². The van der Waals surface area contributed by atoms with Gasteiger partial charge in [0.25, 0.3) is 0 Å². The molecule has 1 heterocycles. The largest absolute Gasteiger partial charge is 0.466 e. The predicted octanol–water partition coefficient (Wildman–Crippen LogP) is 2.09. The first-order chi connectivity index (χ1) is 9.19. The van der Waals surface area contributed by atoms with Crippen molar-refractivity contribution in [3.05, 3.63) is 36.7 Å². The molecule has 2 rings (SSSR count). The van der Waals surface area contributed by atoms with Gasteiger partial charge in [-0.3, -0.25) is 9.48 Å². The Hall–Kier alpha value is -2.30. The number of aromatic nitrogens is 2. The number of nitrogens with zero attached hydrogens (tertiary/aromatic N) is 2. The molecular formula is C14H17N3O2. The van der Waals surface area contributed by atoms with E-state index in [1.165, 1.54) is 0 Å². The summed E-state index contributed by atoms with van der Waals surface area (Å²) in [5, 5.41) is 4.22. The molecule has 0 atom stereocenters. The van der Waals surface area contributed by atoms with Crippen LogP contribution in [-0.4, -0.2) is 22.4 Å². The van der Waals surface area contributed by atoms with Gasteiger partial charge in [0, 0.05) is 17.4 Å². The maximum absolute atomic E-state index is 11.3. The van der Waals surface area contributed by atoms with Gasteiger partial charge in [-0.25, -0.2) is 0 Å². The first kappa shape index (κ1) is 13.1. The molecule has 0 bridgehead atoms. The van der Waals surface area contributed by atoms with Gasteiger partial charge in [0.05, 0.1) is 25.8 Å². The number of carbonyl (C=O) groups excluding carboxylic acids is 1. The maximum atomic E-state index is 11.3. The SMILES string of the molecule is CCOC(=O)CCn1cc(-c2cccc(N)c2)cn1. The minimum Gasteiger partial charge on any atom is -0.466 e. The van der Waals surface area contributed by atoms with E-state index in [1.54, 1.807) is 17.8 Å². The Bertz CT molecular complexity index is 563. The lowest BCUT2D eigenvalue weighted by molar-refractivity contribution is -0.143. The lowest BCUT2D eigenvalue weighted by Crippen LogP contribution is -2.09. The van der Waals surface area contributed by atoms with Crippen LogP contribution in [0.25, 0.3) is 11.1 Å². The molecule has 2 aromatic rings. The van der Waals surface area contributed by atoms with E-state index < -0.39 is 0 Å². The Kier molecular flexibility index (Phi) is 4.18. The minimum atomic E-state index is -0.205. The zero-order valence-corrected chi connectivity index (χ0v) is 10.9. The van der Waals surface area contributed by atoms with Crippen LogP contribution in [0, 0.1) is 0 Å². The molecular weight excluding hydrogens is 242 g/mol. The third-order valence-corrected chi connectivity index (χ3v) is 2.70. The molecule has 5 nitrogen and oxygen atoms in total. The van der Waals surface area contributed by atoms with Crippen molar-refractivity contribution in [2.45, 2.75) is 19.9 Å². The summed E-state index contributed by atoms with van der Waals surface area (Å²) in [7, 11) is 0. The van der Waals surface area contributed by atoms with Gasteiger partial charge in [-0.1, -0.05) is 12.1 Å². The van der Waals surface area contributed by atoms with Crippen molar-refractivity contribution >= 4 is 11.7 Å². The monoisotopic (exact) mass is 259 g/mol. The number of ether oxygens (including phenoxy) is 1. The summed E-state index contributed by atoms with van der Waals surface area (Å²) in [5.74, 6) is -0.205. The second-order valence-electron chi connectivity index (χ2n) is 4.17. The van der Waals surface area contributed by atoms with Crippen LogP contribution in [0.4, 0.5) is 5.69 Å². The molecule has 0 radical (unpaired) electrons. The van der Waals surface area contributed by atoms with Crippen LogP contribution in [0.3, 0.4) is 0 Å². The quantitative estimate of drug-likeness (QED) is 0.659. The summed E-state index contributed by atoms with van der Waals surface area (Å²) in [5.41, 5.74) is 8.46. The average Bonchev–Trinajstić information content (AvgIpc) is 2.85. The topological polar surface area (TPSA) is 70.1 Å². The number of benzene rings is 1. The number of nitrogen functional groups attached to an aromatic ring is 1. The molecule has 0 amide bonds. The van der Waals surface area contributed by atoms with Crippen LogP contribution in [0.1, 0.15) is 13.3 Å². The van der Waals surface area contributed by atoms with Gasteiger partial charge in [0.2, 0.25) is 0 Å². The molecule has 0 spiro atoms. The summed E-state index contributed by atoms with van der Waals surface area (Å²) in [6.45, 7) is 2.72. The van der Waals surface area contributed by atoms with Crippen molar-refractivity contribution in [3.63, 3.8) is 0 Å². The first-order valence-corrected chi connectivity index (χ1v) is 6.23. The molecule has 0 aliphatic carbocycles. The molecule has 0 fully saturated rings.